The lowest BCUT2D eigenvalue weighted by molar-refractivity contribution is 0.0985. The summed E-state index contributed by atoms with van der Waals surface area (Å²) in [6.07, 6.45) is 3.55. The van der Waals surface area contributed by atoms with Crippen LogP contribution in [0.2, 0.25) is 5.02 Å². The van der Waals surface area contributed by atoms with Gasteiger partial charge < -0.3 is 10.2 Å². The van der Waals surface area contributed by atoms with E-state index in [2.05, 4.69) is 16.4 Å². The number of fused-ring (bicyclic) bond motifs is 1. The summed E-state index contributed by atoms with van der Waals surface area (Å²) in [6, 6.07) is 9.69. The van der Waals surface area contributed by atoms with E-state index in [9.17, 15) is 4.79 Å². The van der Waals surface area contributed by atoms with Gasteiger partial charge in [-0.1, -0.05) is 29.8 Å². The fourth-order valence-electron chi connectivity index (χ4n) is 2.64. The Labute approximate surface area is 128 Å². The van der Waals surface area contributed by atoms with Crippen molar-refractivity contribution in [2.45, 2.75) is 12.8 Å². The molecule has 1 N–H and O–H groups in total. The molecule has 0 atom stereocenters. The van der Waals surface area contributed by atoms with Gasteiger partial charge in [0.2, 0.25) is 0 Å². The van der Waals surface area contributed by atoms with Crippen molar-refractivity contribution in [1.82, 2.24) is 4.98 Å². The summed E-state index contributed by atoms with van der Waals surface area (Å²) in [7, 11) is 1.75. The number of aromatic nitrogens is 1. The van der Waals surface area contributed by atoms with Crippen LogP contribution in [0.4, 0.5) is 11.5 Å². The van der Waals surface area contributed by atoms with Gasteiger partial charge in [0.05, 0.1) is 10.6 Å². The lowest BCUT2D eigenvalue weighted by atomic mass is 10.0. The maximum atomic E-state index is 12.7. The number of nitrogens with one attached hydrogen (secondary N) is 1. The van der Waals surface area contributed by atoms with Gasteiger partial charge in [0.1, 0.15) is 5.82 Å². The number of benzene rings is 1. The number of hydrogen-bond acceptors (Lipinski definition) is 3. The number of halogens is 1. The SMILES string of the molecule is CNc1ncc(C(=O)N2CCCc3ccccc32)cc1Cl. The van der Waals surface area contributed by atoms with Crippen LogP contribution in [-0.4, -0.2) is 24.5 Å². The maximum Gasteiger partial charge on any atom is 0.259 e. The van der Waals surface area contributed by atoms with Crippen LogP contribution in [0.15, 0.2) is 36.5 Å². The van der Waals surface area contributed by atoms with E-state index < -0.39 is 0 Å². The van der Waals surface area contributed by atoms with Crippen LogP contribution in [0, 0.1) is 0 Å². The molecular formula is C16H16ClN3O. The molecule has 0 aliphatic carbocycles. The Bertz CT molecular complexity index is 687. The molecule has 3 rings (SSSR count). The normalized spacial score (nSPS) is 13.7. The highest BCUT2D eigenvalue weighted by molar-refractivity contribution is 6.33. The highest BCUT2D eigenvalue weighted by Crippen LogP contribution is 2.29. The third-order valence-corrected chi connectivity index (χ3v) is 3.97. The molecule has 0 bridgehead atoms. The fraction of sp³-hybridized carbons (Fsp3) is 0.250. The first-order chi connectivity index (χ1) is 10.2. The topological polar surface area (TPSA) is 45.2 Å². The van der Waals surface area contributed by atoms with Crippen molar-refractivity contribution in [3.63, 3.8) is 0 Å². The number of nitrogens with zero attached hydrogens (tertiary/aromatic N) is 2. The monoisotopic (exact) mass is 301 g/mol. The molecule has 0 unspecified atom stereocenters. The molecule has 5 heteroatoms. The second-order valence-electron chi connectivity index (χ2n) is 4.99. The molecule has 21 heavy (non-hydrogen) atoms. The minimum atomic E-state index is -0.0563. The number of pyridine rings is 1. The van der Waals surface area contributed by atoms with Crippen molar-refractivity contribution in [2.24, 2.45) is 0 Å². The van der Waals surface area contributed by atoms with Crippen LogP contribution in [0.1, 0.15) is 22.3 Å². The highest BCUT2D eigenvalue weighted by Gasteiger charge is 2.23. The summed E-state index contributed by atoms with van der Waals surface area (Å²) < 4.78 is 0. The maximum absolute atomic E-state index is 12.7. The zero-order valence-corrected chi connectivity index (χ0v) is 12.5. The predicted molar refractivity (Wildman–Crippen MR) is 85.2 cm³/mol. The van der Waals surface area contributed by atoms with Crippen LogP contribution in [0.3, 0.4) is 0 Å². The molecule has 108 valence electrons. The molecule has 1 aromatic heterocycles. The number of amides is 1. The molecule has 2 aromatic rings. The lowest BCUT2D eigenvalue weighted by Gasteiger charge is -2.29. The second-order valence-corrected chi connectivity index (χ2v) is 5.40. The second kappa shape index (κ2) is 5.74. The van der Waals surface area contributed by atoms with Gasteiger partial charge in [0.15, 0.2) is 0 Å². The summed E-state index contributed by atoms with van der Waals surface area (Å²) in [5.41, 5.74) is 2.71. The molecule has 4 nitrogen and oxygen atoms in total. The largest absolute Gasteiger partial charge is 0.372 e. The van der Waals surface area contributed by atoms with Crippen LogP contribution in [-0.2, 0) is 6.42 Å². The van der Waals surface area contributed by atoms with Gasteiger partial charge in [-0.2, -0.15) is 0 Å². The molecule has 1 amide bonds. The Kier molecular flexibility index (Phi) is 3.80. The zero-order valence-electron chi connectivity index (χ0n) is 11.8. The molecule has 0 spiro atoms. The Morgan fingerprint density at radius 2 is 2.19 bits per heavy atom. The minimum Gasteiger partial charge on any atom is -0.372 e. The molecule has 2 heterocycles. The number of aryl methyl sites for hydroxylation is 1. The number of carbonyl (C=O) groups excluding carboxylic acids is 1. The van der Waals surface area contributed by atoms with Crippen LogP contribution in [0.25, 0.3) is 0 Å². The first kappa shape index (κ1) is 13.9. The number of para-hydroxylation sites is 1. The third kappa shape index (κ3) is 2.59. The van der Waals surface area contributed by atoms with Gasteiger partial charge in [-0.25, -0.2) is 4.98 Å². The predicted octanol–water partition coefficient (Wildman–Crippen LogP) is 3.37. The van der Waals surface area contributed by atoms with E-state index in [0.717, 1.165) is 25.1 Å². The first-order valence-corrected chi connectivity index (χ1v) is 7.31. The number of carbonyl (C=O) groups is 1. The van der Waals surface area contributed by atoms with E-state index in [-0.39, 0.29) is 5.91 Å². The van der Waals surface area contributed by atoms with Crippen molar-refractivity contribution < 1.29 is 4.79 Å². The molecule has 1 aliphatic heterocycles. The summed E-state index contributed by atoms with van der Waals surface area (Å²) in [6.45, 7) is 0.723. The lowest BCUT2D eigenvalue weighted by Crippen LogP contribution is -2.35. The van der Waals surface area contributed by atoms with Crippen LogP contribution >= 0.6 is 11.6 Å². The van der Waals surface area contributed by atoms with E-state index in [1.54, 1.807) is 19.3 Å². The van der Waals surface area contributed by atoms with Gasteiger partial charge in [-0.3, -0.25) is 4.79 Å². The molecule has 0 radical (unpaired) electrons. The molecule has 1 aromatic carbocycles. The van der Waals surface area contributed by atoms with Gasteiger partial charge in [-0.15, -0.1) is 0 Å². The van der Waals surface area contributed by atoms with Crippen molar-refractivity contribution in [3.8, 4) is 0 Å². The molecular weight excluding hydrogens is 286 g/mol. The Morgan fingerprint density at radius 1 is 1.38 bits per heavy atom. The number of rotatable bonds is 2. The average molecular weight is 302 g/mol. The van der Waals surface area contributed by atoms with Gasteiger partial charge >= 0.3 is 0 Å². The van der Waals surface area contributed by atoms with Crippen molar-refractivity contribution in [1.29, 1.82) is 0 Å². The van der Waals surface area contributed by atoms with Crippen molar-refractivity contribution in [2.75, 3.05) is 23.8 Å². The number of anilines is 2. The summed E-state index contributed by atoms with van der Waals surface area (Å²) in [5.74, 6) is 0.520. The molecule has 1 aliphatic rings. The van der Waals surface area contributed by atoms with E-state index in [1.807, 2.05) is 23.1 Å². The Morgan fingerprint density at radius 3 is 2.95 bits per heavy atom. The molecule has 0 saturated heterocycles. The van der Waals surface area contributed by atoms with Gasteiger partial charge in [0.25, 0.3) is 5.91 Å². The smallest absolute Gasteiger partial charge is 0.259 e. The highest BCUT2D eigenvalue weighted by atomic mass is 35.5. The van der Waals surface area contributed by atoms with E-state index >= 15 is 0 Å². The van der Waals surface area contributed by atoms with E-state index in [4.69, 9.17) is 11.6 Å². The van der Waals surface area contributed by atoms with Gasteiger partial charge in [0, 0.05) is 25.5 Å². The quantitative estimate of drug-likeness (QED) is 0.925. The average Bonchev–Trinajstić information content (AvgIpc) is 2.53. The Balaban J connectivity index is 1.95. The first-order valence-electron chi connectivity index (χ1n) is 6.94. The zero-order chi connectivity index (χ0) is 14.8. The molecule has 0 fully saturated rings. The summed E-state index contributed by atoms with van der Waals surface area (Å²) >= 11 is 6.12. The van der Waals surface area contributed by atoms with Crippen LogP contribution in [0.5, 0.6) is 0 Å². The van der Waals surface area contributed by atoms with Gasteiger partial charge in [-0.05, 0) is 30.5 Å². The summed E-state index contributed by atoms with van der Waals surface area (Å²) in [4.78, 5) is 18.7. The van der Waals surface area contributed by atoms with Crippen LogP contribution < -0.4 is 10.2 Å². The van der Waals surface area contributed by atoms with Crippen molar-refractivity contribution in [3.05, 3.63) is 52.7 Å². The van der Waals surface area contributed by atoms with E-state index in [0.29, 0.717) is 16.4 Å². The fourth-order valence-corrected chi connectivity index (χ4v) is 2.90. The molecule has 0 saturated carbocycles. The Hall–Kier alpha value is -2.07. The van der Waals surface area contributed by atoms with E-state index in [1.165, 1.54) is 5.56 Å². The van der Waals surface area contributed by atoms with Crippen molar-refractivity contribution >= 4 is 29.0 Å². The third-order valence-electron chi connectivity index (χ3n) is 3.68. The summed E-state index contributed by atoms with van der Waals surface area (Å²) in [5, 5.41) is 3.34. The number of hydrogen-bond donors (Lipinski definition) is 1. The standard InChI is InChI=1S/C16H16ClN3O/c1-18-15-13(17)9-12(10-19-15)16(21)20-8-4-6-11-5-2-3-7-14(11)20/h2-3,5,7,9-10H,4,6,8H2,1H3,(H,18,19). The minimum absolute atomic E-state index is 0.0563.